The number of halogens is 1. The van der Waals surface area contributed by atoms with Crippen LogP contribution in [0.2, 0.25) is 0 Å². The molecular weight excluding hydrogens is 182 g/mol. The van der Waals surface area contributed by atoms with E-state index in [1.54, 1.807) is 0 Å². The Morgan fingerprint density at radius 1 is 1.78 bits per heavy atom. The van der Waals surface area contributed by atoms with Gasteiger partial charge in [-0.15, -0.1) is 0 Å². The standard InChI is InChI=1S/C6H12BrNO/c1-2-3-5(8)6(9)4-7/h5H,2-4,8H2,1H3/t5-/m0/s1. The first-order valence-corrected chi connectivity index (χ1v) is 4.18. The molecule has 3 heteroatoms. The van der Waals surface area contributed by atoms with Gasteiger partial charge in [-0.1, -0.05) is 29.3 Å². The first-order chi connectivity index (χ1) is 4.22. The summed E-state index contributed by atoms with van der Waals surface area (Å²) in [7, 11) is 0. The fourth-order valence-electron chi connectivity index (χ4n) is 0.571. The number of ketones is 1. The fourth-order valence-corrected chi connectivity index (χ4v) is 0.987. The molecule has 0 aromatic rings. The molecule has 0 saturated heterocycles. The van der Waals surface area contributed by atoms with Crippen LogP contribution in [0.15, 0.2) is 0 Å². The van der Waals surface area contributed by atoms with Crippen molar-refractivity contribution in [1.29, 1.82) is 0 Å². The van der Waals surface area contributed by atoms with Gasteiger partial charge in [0.05, 0.1) is 11.4 Å². The van der Waals surface area contributed by atoms with Crippen molar-refractivity contribution >= 4 is 21.7 Å². The van der Waals surface area contributed by atoms with Crippen LogP contribution in [-0.2, 0) is 4.79 Å². The molecule has 0 spiro atoms. The van der Waals surface area contributed by atoms with E-state index in [1.165, 1.54) is 0 Å². The van der Waals surface area contributed by atoms with Gasteiger partial charge in [-0.2, -0.15) is 0 Å². The summed E-state index contributed by atoms with van der Waals surface area (Å²) < 4.78 is 0. The second-order valence-electron chi connectivity index (χ2n) is 2.00. The average Bonchev–Trinajstić information content (AvgIpc) is 1.87. The topological polar surface area (TPSA) is 43.1 Å². The number of Topliss-reactive ketones (excluding diaryl/α,β-unsaturated/α-hetero) is 1. The predicted molar refractivity (Wildman–Crippen MR) is 41.7 cm³/mol. The molecule has 54 valence electrons. The maximum absolute atomic E-state index is 10.7. The minimum atomic E-state index is -0.255. The maximum atomic E-state index is 10.7. The van der Waals surface area contributed by atoms with Crippen molar-refractivity contribution in [3.63, 3.8) is 0 Å². The van der Waals surface area contributed by atoms with Crippen molar-refractivity contribution in [2.45, 2.75) is 25.8 Å². The van der Waals surface area contributed by atoms with E-state index in [2.05, 4.69) is 15.9 Å². The molecule has 1 atom stereocenters. The molecule has 0 amide bonds. The quantitative estimate of drug-likeness (QED) is 0.680. The Hall–Kier alpha value is 0.110. The summed E-state index contributed by atoms with van der Waals surface area (Å²) in [6.07, 6.45) is 1.77. The van der Waals surface area contributed by atoms with Crippen LogP contribution < -0.4 is 5.73 Å². The summed E-state index contributed by atoms with van der Waals surface area (Å²) in [6.45, 7) is 2.02. The number of rotatable bonds is 4. The van der Waals surface area contributed by atoms with Gasteiger partial charge < -0.3 is 5.73 Å². The highest BCUT2D eigenvalue weighted by Crippen LogP contribution is 1.96. The van der Waals surface area contributed by atoms with Crippen molar-refractivity contribution < 1.29 is 4.79 Å². The Bertz CT molecular complexity index is 95.1. The summed E-state index contributed by atoms with van der Waals surface area (Å²) in [4.78, 5) is 10.7. The van der Waals surface area contributed by atoms with Crippen molar-refractivity contribution in [1.82, 2.24) is 0 Å². The Morgan fingerprint density at radius 2 is 2.33 bits per heavy atom. The zero-order chi connectivity index (χ0) is 7.28. The third-order valence-corrected chi connectivity index (χ3v) is 1.70. The highest BCUT2D eigenvalue weighted by molar-refractivity contribution is 9.09. The zero-order valence-electron chi connectivity index (χ0n) is 5.56. The molecule has 0 aliphatic carbocycles. The SMILES string of the molecule is CCC[C@H](N)C(=O)CBr. The molecule has 0 rings (SSSR count). The minimum absolute atomic E-state index is 0.0943. The van der Waals surface area contributed by atoms with E-state index in [0.717, 1.165) is 12.8 Å². The van der Waals surface area contributed by atoms with Crippen LogP contribution in [-0.4, -0.2) is 17.2 Å². The first-order valence-electron chi connectivity index (χ1n) is 3.06. The smallest absolute Gasteiger partial charge is 0.160 e. The minimum Gasteiger partial charge on any atom is -0.321 e. The van der Waals surface area contributed by atoms with E-state index in [9.17, 15) is 4.79 Å². The molecule has 0 aromatic carbocycles. The number of carbonyl (C=O) groups excluding carboxylic acids is 1. The van der Waals surface area contributed by atoms with E-state index in [0.29, 0.717) is 5.33 Å². The van der Waals surface area contributed by atoms with E-state index in [1.807, 2.05) is 6.92 Å². The number of carbonyl (C=O) groups is 1. The third kappa shape index (κ3) is 3.65. The molecule has 0 aromatic heterocycles. The van der Waals surface area contributed by atoms with Gasteiger partial charge in [-0.3, -0.25) is 4.79 Å². The van der Waals surface area contributed by atoms with Crippen LogP contribution in [0, 0.1) is 0 Å². The van der Waals surface area contributed by atoms with Gasteiger partial charge in [-0.25, -0.2) is 0 Å². The molecule has 2 N–H and O–H groups in total. The van der Waals surface area contributed by atoms with Crippen LogP contribution in [0.3, 0.4) is 0 Å². The fraction of sp³-hybridized carbons (Fsp3) is 0.833. The molecule has 9 heavy (non-hydrogen) atoms. The molecule has 2 nitrogen and oxygen atoms in total. The Kier molecular flexibility index (Phi) is 5.00. The lowest BCUT2D eigenvalue weighted by molar-refractivity contribution is -0.117. The van der Waals surface area contributed by atoms with Crippen molar-refractivity contribution in [3.8, 4) is 0 Å². The summed E-state index contributed by atoms with van der Waals surface area (Å²) >= 11 is 3.06. The van der Waals surface area contributed by atoms with Crippen LogP contribution in [0.5, 0.6) is 0 Å². The number of alkyl halides is 1. The molecule has 0 unspecified atom stereocenters. The van der Waals surface area contributed by atoms with Crippen LogP contribution in [0.1, 0.15) is 19.8 Å². The van der Waals surface area contributed by atoms with Gasteiger partial charge >= 0.3 is 0 Å². The lowest BCUT2D eigenvalue weighted by atomic mass is 10.1. The van der Waals surface area contributed by atoms with Gasteiger partial charge in [0.1, 0.15) is 0 Å². The Labute approximate surface area is 63.9 Å². The van der Waals surface area contributed by atoms with E-state index >= 15 is 0 Å². The molecule has 0 aliphatic heterocycles. The predicted octanol–water partition coefficient (Wildman–Crippen LogP) is 1.08. The highest BCUT2D eigenvalue weighted by atomic mass is 79.9. The molecule has 0 radical (unpaired) electrons. The van der Waals surface area contributed by atoms with E-state index in [4.69, 9.17) is 5.73 Å². The Balaban J connectivity index is 3.45. The zero-order valence-corrected chi connectivity index (χ0v) is 7.15. The van der Waals surface area contributed by atoms with Gasteiger partial charge in [-0.05, 0) is 6.42 Å². The summed E-state index contributed by atoms with van der Waals surface area (Å²) in [5.41, 5.74) is 5.46. The third-order valence-electron chi connectivity index (χ3n) is 1.14. The highest BCUT2D eigenvalue weighted by Gasteiger charge is 2.08. The molecular formula is C6H12BrNO. The van der Waals surface area contributed by atoms with Crippen molar-refractivity contribution in [3.05, 3.63) is 0 Å². The van der Waals surface area contributed by atoms with Crippen LogP contribution >= 0.6 is 15.9 Å². The molecule has 0 fully saturated rings. The number of hydrogen-bond donors (Lipinski definition) is 1. The number of nitrogens with two attached hydrogens (primary N) is 1. The lowest BCUT2D eigenvalue weighted by Gasteiger charge is -2.04. The molecule has 0 heterocycles. The van der Waals surface area contributed by atoms with Crippen molar-refractivity contribution in [2.24, 2.45) is 5.73 Å². The monoisotopic (exact) mass is 193 g/mol. The summed E-state index contributed by atoms with van der Waals surface area (Å²) in [5, 5.41) is 0.383. The first kappa shape index (κ1) is 9.11. The van der Waals surface area contributed by atoms with Gasteiger partial charge in [0, 0.05) is 0 Å². The Morgan fingerprint density at radius 3 is 2.67 bits per heavy atom. The maximum Gasteiger partial charge on any atom is 0.160 e. The van der Waals surface area contributed by atoms with Crippen LogP contribution in [0.25, 0.3) is 0 Å². The van der Waals surface area contributed by atoms with E-state index in [-0.39, 0.29) is 11.8 Å². The summed E-state index contributed by atoms with van der Waals surface area (Å²) in [6, 6.07) is -0.255. The lowest BCUT2D eigenvalue weighted by Crippen LogP contribution is -2.30. The summed E-state index contributed by atoms with van der Waals surface area (Å²) in [5.74, 6) is 0.0943. The van der Waals surface area contributed by atoms with Gasteiger partial charge in [0.2, 0.25) is 0 Å². The molecule has 0 saturated carbocycles. The molecule has 0 aliphatic rings. The average molecular weight is 194 g/mol. The van der Waals surface area contributed by atoms with Crippen molar-refractivity contribution in [2.75, 3.05) is 5.33 Å². The van der Waals surface area contributed by atoms with Gasteiger partial charge in [0.15, 0.2) is 5.78 Å². The second-order valence-corrected chi connectivity index (χ2v) is 2.56. The number of hydrogen-bond acceptors (Lipinski definition) is 2. The largest absolute Gasteiger partial charge is 0.321 e. The second kappa shape index (κ2) is 4.94. The van der Waals surface area contributed by atoms with E-state index < -0.39 is 0 Å². The van der Waals surface area contributed by atoms with Crippen LogP contribution in [0.4, 0.5) is 0 Å². The normalized spacial score (nSPS) is 13.2. The van der Waals surface area contributed by atoms with Gasteiger partial charge in [0.25, 0.3) is 0 Å². The molecule has 0 bridgehead atoms.